The van der Waals surface area contributed by atoms with Crippen LogP contribution in [0.1, 0.15) is 22.8 Å². The summed E-state index contributed by atoms with van der Waals surface area (Å²) in [5.74, 6) is 0.786. The number of nitrogens with zero attached hydrogens (tertiary/aromatic N) is 1. The molecule has 0 radical (unpaired) electrons. The number of methoxy groups -OCH3 is 1. The van der Waals surface area contributed by atoms with Crippen molar-refractivity contribution in [3.8, 4) is 11.5 Å². The molecule has 0 aliphatic carbocycles. The Hall–Kier alpha value is -3.28. The van der Waals surface area contributed by atoms with E-state index in [0.29, 0.717) is 23.6 Å². The van der Waals surface area contributed by atoms with Gasteiger partial charge in [0.1, 0.15) is 11.5 Å². The number of anilines is 1. The van der Waals surface area contributed by atoms with Crippen molar-refractivity contribution < 1.29 is 19.1 Å². The molecule has 0 saturated carbocycles. The summed E-state index contributed by atoms with van der Waals surface area (Å²) in [5, 5.41) is 2.75. The Labute approximate surface area is 159 Å². The molecule has 0 bridgehead atoms. The molecule has 0 aliphatic heterocycles. The van der Waals surface area contributed by atoms with Gasteiger partial charge in [0.05, 0.1) is 19.4 Å². The van der Waals surface area contributed by atoms with E-state index in [1.165, 1.54) is 18.1 Å². The van der Waals surface area contributed by atoms with E-state index >= 15 is 0 Å². The second kappa shape index (κ2) is 9.43. The fourth-order valence-corrected chi connectivity index (χ4v) is 2.39. The van der Waals surface area contributed by atoms with E-state index < -0.39 is 0 Å². The van der Waals surface area contributed by atoms with Gasteiger partial charge in [0.25, 0.3) is 5.91 Å². The number of hydrogen-bond acceptors (Lipinski definition) is 4. The minimum absolute atomic E-state index is 0.155. The zero-order chi connectivity index (χ0) is 19.8. The van der Waals surface area contributed by atoms with Crippen LogP contribution >= 0.6 is 0 Å². The predicted molar refractivity (Wildman–Crippen MR) is 106 cm³/mol. The van der Waals surface area contributed by atoms with Gasteiger partial charge in [0.2, 0.25) is 5.91 Å². The van der Waals surface area contributed by atoms with Crippen molar-refractivity contribution in [2.45, 2.75) is 6.92 Å². The number of hydrogen-bond donors (Lipinski definition) is 1. The maximum absolute atomic E-state index is 12.3. The Morgan fingerprint density at radius 3 is 2.41 bits per heavy atom. The van der Waals surface area contributed by atoms with E-state index in [9.17, 15) is 9.59 Å². The molecule has 6 nitrogen and oxygen atoms in total. The van der Waals surface area contributed by atoms with E-state index in [1.807, 2.05) is 31.2 Å². The molecule has 0 aromatic heterocycles. The van der Waals surface area contributed by atoms with Gasteiger partial charge in [-0.25, -0.2) is 0 Å². The lowest BCUT2D eigenvalue weighted by molar-refractivity contribution is -0.111. The molecular weight excluding hydrogens is 344 g/mol. The molecule has 0 spiro atoms. The van der Waals surface area contributed by atoms with Gasteiger partial charge < -0.3 is 19.7 Å². The van der Waals surface area contributed by atoms with Gasteiger partial charge >= 0.3 is 0 Å². The van der Waals surface area contributed by atoms with E-state index in [4.69, 9.17) is 9.47 Å². The first-order chi connectivity index (χ1) is 12.9. The molecule has 6 heteroatoms. The number of amides is 2. The smallest absolute Gasteiger partial charge is 0.253 e. The number of rotatable bonds is 7. The van der Waals surface area contributed by atoms with Crippen molar-refractivity contribution in [1.82, 2.24) is 4.90 Å². The zero-order valence-electron chi connectivity index (χ0n) is 16.0. The topological polar surface area (TPSA) is 67.9 Å². The predicted octanol–water partition coefficient (Wildman–Crippen LogP) is 3.45. The molecule has 27 heavy (non-hydrogen) atoms. The van der Waals surface area contributed by atoms with Gasteiger partial charge in [0, 0.05) is 25.7 Å². The first-order valence-electron chi connectivity index (χ1n) is 8.56. The highest BCUT2D eigenvalue weighted by molar-refractivity contribution is 6.04. The number of carbonyl (C=O) groups is 2. The monoisotopic (exact) mass is 368 g/mol. The molecule has 2 rings (SSSR count). The third kappa shape index (κ3) is 5.60. The fourth-order valence-electron chi connectivity index (χ4n) is 2.39. The Morgan fingerprint density at radius 2 is 1.81 bits per heavy atom. The van der Waals surface area contributed by atoms with Gasteiger partial charge in [-0.2, -0.15) is 0 Å². The summed E-state index contributed by atoms with van der Waals surface area (Å²) in [5.41, 5.74) is 1.77. The normalized spacial score (nSPS) is 10.5. The molecule has 0 atom stereocenters. The van der Waals surface area contributed by atoms with Gasteiger partial charge in [0.15, 0.2) is 0 Å². The second-order valence-corrected chi connectivity index (χ2v) is 5.94. The number of ether oxygens (including phenoxy) is 2. The number of nitrogens with one attached hydrogen (secondary N) is 1. The summed E-state index contributed by atoms with van der Waals surface area (Å²) >= 11 is 0. The number of carbonyl (C=O) groups excluding carboxylic acids is 2. The first-order valence-corrected chi connectivity index (χ1v) is 8.56. The fraction of sp³-hybridized carbons (Fsp3) is 0.238. The number of benzene rings is 2. The van der Waals surface area contributed by atoms with Crippen molar-refractivity contribution in [1.29, 1.82) is 0 Å². The minimum Gasteiger partial charge on any atom is -0.495 e. The van der Waals surface area contributed by atoms with Crippen LogP contribution in [0.15, 0.2) is 48.5 Å². The van der Waals surface area contributed by atoms with Gasteiger partial charge in [-0.05, 0) is 48.9 Å². The molecule has 0 fully saturated rings. The summed E-state index contributed by atoms with van der Waals surface area (Å²) in [6.07, 6.45) is 3.13. The first kappa shape index (κ1) is 20.0. The summed E-state index contributed by atoms with van der Waals surface area (Å²) in [6, 6.07) is 12.3. The maximum atomic E-state index is 12.3. The van der Waals surface area contributed by atoms with Gasteiger partial charge in [-0.15, -0.1) is 0 Å². The van der Waals surface area contributed by atoms with E-state index in [0.717, 1.165) is 11.3 Å². The van der Waals surface area contributed by atoms with E-state index in [1.54, 1.807) is 38.4 Å². The SMILES string of the molecule is CCOc1ccc(/C=C/C(=O)Nc2cc(C(=O)N(C)C)ccc2OC)cc1. The Kier molecular flexibility index (Phi) is 7.00. The quantitative estimate of drug-likeness (QED) is 0.760. The van der Waals surface area contributed by atoms with Crippen LogP contribution in [0.5, 0.6) is 11.5 Å². The van der Waals surface area contributed by atoms with Crippen LogP contribution < -0.4 is 14.8 Å². The molecule has 0 aliphatic rings. The Bertz CT molecular complexity index is 827. The lowest BCUT2D eigenvalue weighted by Gasteiger charge is -2.14. The summed E-state index contributed by atoms with van der Waals surface area (Å²) in [6.45, 7) is 2.53. The third-order valence-corrected chi connectivity index (χ3v) is 3.73. The van der Waals surface area contributed by atoms with Crippen molar-refractivity contribution in [3.05, 3.63) is 59.7 Å². The molecule has 0 heterocycles. The molecule has 2 aromatic carbocycles. The maximum Gasteiger partial charge on any atom is 0.253 e. The third-order valence-electron chi connectivity index (χ3n) is 3.73. The van der Waals surface area contributed by atoms with Gasteiger partial charge in [-0.1, -0.05) is 12.1 Å². The zero-order valence-corrected chi connectivity index (χ0v) is 16.0. The van der Waals surface area contributed by atoms with E-state index in [2.05, 4.69) is 5.32 Å². The van der Waals surface area contributed by atoms with Crippen LogP contribution in [-0.4, -0.2) is 44.5 Å². The standard InChI is InChI=1S/C21H24N2O4/c1-5-27-17-10-6-15(7-11-17)8-13-20(24)22-18-14-16(21(25)23(2)3)9-12-19(18)26-4/h6-14H,5H2,1-4H3,(H,22,24)/b13-8+. The minimum atomic E-state index is -0.323. The highest BCUT2D eigenvalue weighted by Gasteiger charge is 2.13. The van der Waals surface area contributed by atoms with Crippen LogP contribution in [-0.2, 0) is 4.79 Å². The second-order valence-electron chi connectivity index (χ2n) is 5.94. The van der Waals surface area contributed by atoms with E-state index in [-0.39, 0.29) is 11.8 Å². The van der Waals surface area contributed by atoms with Crippen molar-refractivity contribution in [3.63, 3.8) is 0 Å². The lowest BCUT2D eigenvalue weighted by Crippen LogP contribution is -2.22. The highest BCUT2D eigenvalue weighted by atomic mass is 16.5. The molecule has 0 saturated heterocycles. The van der Waals surface area contributed by atoms with Crippen molar-refractivity contribution >= 4 is 23.6 Å². The van der Waals surface area contributed by atoms with Crippen LogP contribution in [0.3, 0.4) is 0 Å². The van der Waals surface area contributed by atoms with Crippen LogP contribution in [0.4, 0.5) is 5.69 Å². The molecular formula is C21H24N2O4. The molecule has 2 aromatic rings. The molecule has 1 N–H and O–H groups in total. The van der Waals surface area contributed by atoms with Gasteiger partial charge in [-0.3, -0.25) is 9.59 Å². The highest BCUT2D eigenvalue weighted by Crippen LogP contribution is 2.26. The summed E-state index contributed by atoms with van der Waals surface area (Å²) in [7, 11) is 4.85. The molecule has 0 unspecified atom stereocenters. The lowest BCUT2D eigenvalue weighted by atomic mass is 10.1. The Balaban J connectivity index is 2.11. The van der Waals surface area contributed by atoms with Crippen molar-refractivity contribution in [2.75, 3.05) is 33.1 Å². The summed E-state index contributed by atoms with van der Waals surface area (Å²) in [4.78, 5) is 25.9. The summed E-state index contributed by atoms with van der Waals surface area (Å²) < 4.78 is 10.7. The largest absolute Gasteiger partial charge is 0.495 e. The Morgan fingerprint density at radius 1 is 1.11 bits per heavy atom. The average molecular weight is 368 g/mol. The van der Waals surface area contributed by atoms with Crippen LogP contribution in [0.2, 0.25) is 0 Å². The van der Waals surface area contributed by atoms with Crippen molar-refractivity contribution in [2.24, 2.45) is 0 Å². The molecule has 142 valence electrons. The van der Waals surface area contributed by atoms with Crippen LogP contribution in [0.25, 0.3) is 6.08 Å². The van der Waals surface area contributed by atoms with Crippen LogP contribution in [0, 0.1) is 0 Å². The molecule has 2 amide bonds. The average Bonchev–Trinajstić information content (AvgIpc) is 2.67.